The van der Waals surface area contributed by atoms with Crippen LogP contribution in [0.2, 0.25) is 0 Å². The molecule has 1 amide bonds. The summed E-state index contributed by atoms with van der Waals surface area (Å²) in [6.07, 6.45) is 1.53. The second-order valence-corrected chi connectivity index (χ2v) is 6.74. The molecule has 0 aromatic heterocycles. The van der Waals surface area contributed by atoms with E-state index >= 15 is 0 Å². The van der Waals surface area contributed by atoms with Gasteiger partial charge in [-0.15, -0.1) is 0 Å². The summed E-state index contributed by atoms with van der Waals surface area (Å²) in [5.74, 6) is -2.20. The molecule has 1 saturated heterocycles. The molecule has 1 aliphatic heterocycles. The Balaban J connectivity index is 1.81. The Hall–Kier alpha value is -1.53. The second kappa shape index (κ2) is 8.53. The Bertz CT molecular complexity index is 540. The first-order valence-corrected chi connectivity index (χ1v) is 8.50. The van der Waals surface area contributed by atoms with Crippen LogP contribution < -0.4 is 5.32 Å². The fourth-order valence-electron chi connectivity index (χ4n) is 3.03. The number of carbonyl (C=O) groups is 1. The van der Waals surface area contributed by atoms with Crippen LogP contribution in [-0.2, 0) is 4.79 Å². The molecule has 2 N–H and O–H groups in total. The first-order valence-electron chi connectivity index (χ1n) is 8.50. The normalized spacial score (nSPS) is 19.0. The highest BCUT2D eigenvalue weighted by molar-refractivity contribution is 5.83. The molecule has 0 aliphatic carbocycles. The van der Waals surface area contributed by atoms with Crippen LogP contribution in [0.4, 0.5) is 8.78 Å². The molecule has 0 saturated carbocycles. The number of hydrogen-bond acceptors (Lipinski definition) is 3. The zero-order valence-electron chi connectivity index (χ0n) is 14.3. The molecule has 4 nitrogen and oxygen atoms in total. The summed E-state index contributed by atoms with van der Waals surface area (Å²) >= 11 is 0. The SMILES string of the molecule is CC1CCN(CC(O)CNC(=O)C(C)c2c(F)cccc2F)CC1. The van der Waals surface area contributed by atoms with Crippen molar-refractivity contribution in [2.45, 2.75) is 38.7 Å². The number of benzene rings is 1. The maximum Gasteiger partial charge on any atom is 0.227 e. The lowest BCUT2D eigenvalue weighted by molar-refractivity contribution is -0.122. The minimum atomic E-state index is -0.950. The van der Waals surface area contributed by atoms with Crippen molar-refractivity contribution in [1.29, 1.82) is 0 Å². The number of likely N-dealkylation sites (tertiary alicyclic amines) is 1. The van der Waals surface area contributed by atoms with Gasteiger partial charge < -0.3 is 15.3 Å². The van der Waals surface area contributed by atoms with Crippen LogP contribution in [0.1, 0.15) is 38.2 Å². The van der Waals surface area contributed by atoms with Crippen molar-refractivity contribution >= 4 is 5.91 Å². The Morgan fingerprint density at radius 2 is 1.92 bits per heavy atom. The Kier molecular flexibility index (Phi) is 6.69. The minimum absolute atomic E-state index is 0.0747. The van der Waals surface area contributed by atoms with Crippen molar-refractivity contribution in [1.82, 2.24) is 10.2 Å². The van der Waals surface area contributed by atoms with Crippen LogP contribution in [-0.4, -0.2) is 48.2 Å². The number of aliphatic hydroxyl groups is 1. The summed E-state index contributed by atoms with van der Waals surface area (Å²) in [7, 11) is 0. The van der Waals surface area contributed by atoms with E-state index in [2.05, 4.69) is 17.1 Å². The number of carbonyl (C=O) groups excluding carboxylic acids is 1. The van der Waals surface area contributed by atoms with Crippen molar-refractivity contribution < 1.29 is 18.7 Å². The highest BCUT2D eigenvalue weighted by Crippen LogP contribution is 2.22. The molecule has 0 bridgehead atoms. The van der Waals surface area contributed by atoms with Gasteiger partial charge >= 0.3 is 0 Å². The predicted octanol–water partition coefficient (Wildman–Crippen LogP) is 2.28. The van der Waals surface area contributed by atoms with Gasteiger partial charge in [-0.1, -0.05) is 13.0 Å². The number of amides is 1. The molecule has 0 spiro atoms. The van der Waals surface area contributed by atoms with E-state index in [1.807, 2.05) is 0 Å². The van der Waals surface area contributed by atoms with E-state index in [1.54, 1.807) is 0 Å². The highest BCUT2D eigenvalue weighted by atomic mass is 19.1. The first kappa shape index (κ1) is 18.8. The summed E-state index contributed by atoms with van der Waals surface area (Å²) < 4.78 is 27.4. The number of rotatable bonds is 6. The monoisotopic (exact) mass is 340 g/mol. The third kappa shape index (κ3) is 4.98. The fraction of sp³-hybridized carbons (Fsp3) is 0.611. The molecule has 6 heteroatoms. The predicted molar refractivity (Wildman–Crippen MR) is 88.6 cm³/mol. The fourth-order valence-corrected chi connectivity index (χ4v) is 3.03. The van der Waals surface area contributed by atoms with Crippen molar-refractivity contribution in [3.8, 4) is 0 Å². The molecule has 134 valence electrons. The topological polar surface area (TPSA) is 52.6 Å². The van der Waals surface area contributed by atoms with Gasteiger partial charge in [0.15, 0.2) is 0 Å². The van der Waals surface area contributed by atoms with E-state index in [0.29, 0.717) is 6.54 Å². The van der Waals surface area contributed by atoms with Gasteiger partial charge in [0.25, 0.3) is 0 Å². The summed E-state index contributed by atoms with van der Waals surface area (Å²) in [6.45, 7) is 6.14. The largest absolute Gasteiger partial charge is 0.390 e. The second-order valence-electron chi connectivity index (χ2n) is 6.74. The van der Waals surface area contributed by atoms with Crippen LogP contribution in [0.5, 0.6) is 0 Å². The Labute approximate surface area is 141 Å². The number of nitrogens with zero attached hydrogens (tertiary/aromatic N) is 1. The van der Waals surface area contributed by atoms with Crippen molar-refractivity contribution in [2.75, 3.05) is 26.2 Å². The van der Waals surface area contributed by atoms with E-state index in [1.165, 1.54) is 13.0 Å². The van der Waals surface area contributed by atoms with Gasteiger partial charge in [0, 0.05) is 18.7 Å². The molecule has 1 fully saturated rings. The molecule has 1 aromatic carbocycles. The molecule has 2 unspecified atom stereocenters. The third-order valence-corrected chi connectivity index (χ3v) is 4.68. The van der Waals surface area contributed by atoms with Gasteiger partial charge in [-0.25, -0.2) is 8.78 Å². The molecular formula is C18H26F2N2O2. The lowest BCUT2D eigenvalue weighted by Gasteiger charge is -2.31. The molecular weight excluding hydrogens is 314 g/mol. The van der Waals surface area contributed by atoms with Crippen LogP contribution >= 0.6 is 0 Å². The van der Waals surface area contributed by atoms with E-state index in [0.717, 1.165) is 44.0 Å². The minimum Gasteiger partial charge on any atom is -0.390 e. The standard InChI is InChI=1S/C18H26F2N2O2/c1-12-6-8-22(9-7-12)11-14(23)10-21-18(24)13(2)17-15(19)4-3-5-16(17)20/h3-5,12-14,23H,6-11H2,1-2H3,(H,21,24). The highest BCUT2D eigenvalue weighted by Gasteiger charge is 2.23. The average Bonchev–Trinajstić information content (AvgIpc) is 2.54. The zero-order chi connectivity index (χ0) is 17.7. The average molecular weight is 340 g/mol. The number of nitrogens with one attached hydrogen (secondary N) is 1. The number of halogens is 2. The van der Waals surface area contributed by atoms with E-state index < -0.39 is 29.6 Å². The van der Waals surface area contributed by atoms with Gasteiger partial charge in [0.2, 0.25) is 5.91 Å². The molecule has 24 heavy (non-hydrogen) atoms. The lowest BCUT2D eigenvalue weighted by atomic mass is 9.98. The molecule has 2 atom stereocenters. The summed E-state index contributed by atoms with van der Waals surface area (Å²) in [5, 5.41) is 12.7. The molecule has 1 aromatic rings. The summed E-state index contributed by atoms with van der Waals surface area (Å²) in [5.41, 5.74) is -0.241. The van der Waals surface area contributed by atoms with Crippen LogP contribution in [0.3, 0.4) is 0 Å². The van der Waals surface area contributed by atoms with Crippen LogP contribution in [0.25, 0.3) is 0 Å². The summed E-state index contributed by atoms with van der Waals surface area (Å²) in [4.78, 5) is 14.3. The van der Waals surface area contributed by atoms with Gasteiger partial charge in [-0.05, 0) is 50.9 Å². The Morgan fingerprint density at radius 1 is 1.33 bits per heavy atom. The maximum absolute atomic E-state index is 13.7. The molecule has 1 heterocycles. The first-order chi connectivity index (χ1) is 11.4. The summed E-state index contributed by atoms with van der Waals surface area (Å²) in [6, 6.07) is 3.53. The van der Waals surface area contributed by atoms with Crippen molar-refractivity contribution in [3.05, 3.63) is 35.4 Å². The smallest absolute Gasteiger partial charge is 0.227 e. The third-order valence-electron chi connectivity index (χ3n) is 4.68. The van der Waals surface area contributed by atoms with E-state index in [-0.39, 0.29) is 12.1 Å². The number of β-amino-alcohol motifs (C(OH)–C–C–N with tert-alkyl or cyclic N) is 1. The maximum atomic E-state index is 13.7. The quantitative estimate of drug-likeness (QED) is 0.835. The molecule has 0 radical (unpaired) electrons. The van der Waals surface area contributed by atoms with E-state index in [4.69, 9.17) is 0 Å². The van der Waals surface area contributed by atoms with Gasteiger partial charge in [-0.3, -0.25) is 4.79 Å². The van der Waals surface area contributed by atoms with Gasteiger partial charge in [0.1, 0.15) is 11.6 Å². The van der Waals surface area contributed by atoms with Crippen LogP contribution in [0.15, 0.2) is 18.2 Å². The number of aliphatic hydroxyl groups excluding tert-OH is 1. The van der Waals surface area contributed by atoms with E-state index in [9.17, 15) is 18.7 Å². The number of hydrogen-bond donors (Lipinski definition) is 2. The molecule has 1 aliphatic rings. The lowest BCUT2D eigenvalue weighted by Crippen LogP contribution is -2.43. The Morgan fingerprint density at radius 3 is 2.50 bits per heavy atom. The van der Waals surface area contributed by atoms with Crippen molar-refractivity contribution in [2.24, 2.45) is 5.92 Å². The van der Waals surface area contributed by atoms with Crippen LogP contribution in [0, 0.1) is 17.6 Å². The van der Waals surface area contributed by atoms with Gasteiger partial charge in [0.05, 0.1) is 12.0 Å². The van der Waals surface area contributed by atoms with Crippen molar-refractivity contribution in [3.63, 3.8) is 0 Å². The van der Waals surface area contributed by atoms with Gasteiger partial charge in [-0.2, -0.15) is 0 Å². The molecule has 2 rings (SSSR count). The zero-order valence-corrected chi connectivity index (χ0v) is 14.3. The number of piperidine rings is 1.